The molecule has 0 radical (unpaired) electrons. The van der Waals surface area contributed by atoms with Crippen LogP contribution in [0, 0.1) is 0 Å². The van der Waals surface area contributed by atoms with E-state index < -0.39 is 5.54 Å². The van der Waals surface area contributed by atoms with Gasteiger partial charge >= 0.3 is 0 Å². The molecule has 1 aromatic carbocycles. The van der Waals surface area contributed by atoms with Gasteiger partial charge in [0.25, 0.3) is 5.91 Å². The Balaban J connectivity index is 2.47. The van der Waals surface area contributed by atoms with Gasteiger partial charge < -0.3 is 5.32 Å². The zero-order valence-corrected chi connectivity index (χ0v) is 11.4. The molecule has 1 amide bonds. The molecule has 0 aliphatic carbocycles. The smallest absolute Gasteiger partial charge is 0.258 e. The van der Waals surface area contributed by atoms with Crippen LogP contribution in [0.3, 0.4) is 0 Å². The number of carbonyl (C=O) groups excluding carboxylic acids is 1. The molecule has 5 heteroatoms. The molecule has 3 nitrogen and oxygen atoms in total. The van der Waals surface area contributed by atoms with Crippen molar-refractivity contribution >= 4 is 44.9 Å². The summed E-state index contributed by atoms with van der Waals surface area (Å²) < 4.78 is 0.852. The molecule has 0 saturated carbocycles. The Hall–Kier alpha value is -0.940. The molecular weight excluding hydrogens is 288 g/mol. The van der Waals surface area contributed by atoms with Gasteiger partial charge in [0.05, 0.1) is 5.69 Å². The molecular formula is C11H11BrN2OS. The maximum absolute atomic E-state index is 12.1. The van der Waals surface area contributed by atoms with Crippen molar-refractivity contribution in [2.45, 2.75) is 19.4 Å². The normalized spacial score (nSPS) is 18.8. The number of nitrogens with zero attached hydrogens (tertiary/aromatic N) is 1. The van der Waals surface area contributed by atoms with E-state index in [2.05, 4.69) is 21.2 Å². The first-order valence-electron chi connectivity index (χ1n) is 4.85. The number of carbonyl (C=O) groups is 1. The Morgan fingerprint density at radius 2 is 2.00 bits per heavy atom. The van der Waals surface area contributed by atoms with E-state index in [9.17, 15) is 4.79 Å². The molecule has 0 unspecified atom stereocenters. The van der Waals surface area contributed by atoms with E-state index in [-0.39, 0.29) is 5.91 Å². The van der Waals surface area contributed by atoms with E-state index in [1.807, 2.05) is 38.1 Å². The topological polar surface area (TPSA) is 32.3 Å². The molecule has 0 aromatic heterocycles. The first-order chi connectivity index (χ1) is 7.43. The predicted molar refractivity (Wildman–Crippen MR) is 71.4 cm³/mol. The molecule has 1 fully saturated rings. The molecule has 1 heterocycles. The number of hydrogen-bond donors (Lipinski definition) is 1. The highest BCUT2D eigenvalue weighted by Crippen LogP contribution is 2.30. The van der Waals surface area contributed by atoms with Crippen molar-refractivity contribution in [3.05, 3.63) is 28.7 Å². The number of rotatable bonds is 1. The van der Waals surface area contributed by atoms with E-state index in [4.69, 9.17) is 12.2 Å². The summed E-state index contributed by atoms with van der Waals surface area (Å²) in [7, 11) is 0. The second kappa shape index (κ2) is 3.82. The van der Waals surface area contributed by atoms with Crippen LogP contribution >= 0.6 is 28.1 Å². The van der Waals surface area contributed by atoms with Crippen molar-refractivity contribution in [3.8, 4) is 0 Å². The van der Waals surface area contributed by atoms with Gasteiger partial charge in [-0.1, -0.05) is 12.1 Å². The van der Waals surface area contributed by atoms with Gasteiger partial charge in [-0.25, -0.2) is 0 Å². The minimum absolute atomic E-state index is 0.0376. The van der Waals surface area contributed by atoms with Crippen LogP contribution in [0.15, 0.2) is 28.7 Å². The zero-order chi connectivity index (χ0) is 11.9. The maximum atomic E-state index is 12.1. The molecule has 1 N–H and O–H groups in total. The van der Waals surface area contributed by atoms with Crippen molar-refractivity contribution in [1.82, 2.24) is 5.32 Å². The average molecular weight is 299 g/mol. The molecule has 1 saturated heterocycles. The van der Waals surface area contributed by atoms with E-state index in [1.165, 1.54) is 4.90 Å². The van der Waals surface area contributed by atoms with E-state index >= 15 is 0 Å². The van der Waals surface area contributed by atoms with Gasteiger partial charge in [-0.2, -0.15) is 0 Å². The third kappa shape index (κ3) is 1.74. The van der Waals surface area contributed by atoms with Crippen LogP contribution < -0.4 is 10.2 Å². The van der Waals surface area contributed by atoms with E-state index in [0.717, 1.165) is 10.2 Å². The quantitative estimate of drug-likeness (QED) is 0.809. The second-order valence-corrected chi connectivity index (χ2v) is 5.39. The van der Waals surface area contributed by atoms with Crippen LogP contribution in [0.1, 0.15) is 13.8 Å². The Labute approximate surface area is 108 Å². The summed E-state index contributed by atoms with van der Waals surface area (Å²) in [4.78, 5) is 13.7. The van der Waals surface area contributed by atoms with Crippen molar-refractivity contribution in [2.75, 3.05) is 4.90 Å². The van der Waals surface area contributed by atoms with Gasteiger partial charge in [0.1, 0.15) is 5.54 Å². The van der Waals surface area contributed by atoms with Crippen molar-refractivity contribution in [1.29, 1.82) is 0 Å². The predicted octanol–water partition coefficient (Wildman–Crippen LogP) is 2.45. The SMILES string of the molecule is CC1(C)NC(=S)N(c2ccccc2Br)C1=O. The number of amides is 1. The third-order valence-corrected chi connectivity index (χ3v) is 3.41. The standard InChI is InChI=1S/C11H11BrN2OS/c1-11(2)9(15)14(10(16)13-11)8-6-4-3-5-7(8)12/h3-6H,1-2H3,(H,13,16). The lowest BCUT2D eigenvalue weighted by atomic mass is 10.1. The molecule has 0 bridgehead atoms. The van der Waals surface area contributed by atoms with Crippen LogP contribution in [0.4, 0.5) is 5.69 Å². The van der Waals surface area contributed by atoms with Crippen molar-refractivity contribution in [2.24, 2.45) is 0 Å². The fraction of sp³-hybridized carbons (Fsp3) is 0.273. The summed E-state index contributed by atoms with van der Waals surface area (Å²) in [6.45, 7) is 3.64. The lowest BCUT2D eigenvalue weighted by Crippen LogP contribution is -2.40. The average Bonchev–Trinajstić information content (AvgIpc) is 2.39. The van der Waals surface area contributed by atoms with Crippen LogP contribution in [0.2, 0.25) is 0 Å². The molecule has 16 heavy (non-hydrogen) atoms. The lowest BCUT2D eigenvalue weighted by Gasteiger charge is -2.18. The summed E-state index contributed by atoms with van der Waals surface area (Å²) in [5.74, 6) is -0.0376. The zero-order valence-electron chi connectivity index (χ0n) is 8.95. The highest BCUT2D eigenvalue weighted by molar-refractivity contribution is 9.10. The van der Waals surface area contributed by atoms with Gasteiger partial charge in [-0.05, 0) is 54.1 Å². The maximum Gasteiger partial charge on any atom is 0.258 e. The first kappa shape index (κ1) is 11.5. The van der Waals surface area contributed by atoms with Crippen molar-refractivity contribution < 1.29 is 4.79 Å². The Kier molecular flexibility index (Phi) is 2.75. The Morgan fingerprint density at radius 3 is 2.50 bits per heavy atom. The van der Waals surface area contributed by atoms with Crippen LogP contribution in [0.5, 0.6) is 0 Å². The van der Waals surface area contributed by atoms with Gasteiger partial charge in [0.2, 0.25) is 0 Å². The monoisotopic (exact) mass is 298 g/mol. The largest absolute Gasteiger partial charge is 0.348 e. The Bertz CT molecular complexity index is 473. The number of thiocarbonyl (C=S) groups is 1. The molecule has 1 aliphatic heterocycles. The third-order valence-electron chi connectivity index (χ3n) is 2.45. The summed E-state index contributed by atoms with van der Waals surface area (Å²) in [5.41, 5.74) is 0.141. The number of benzene rings is 1. The van der Waals surface area contributed by atoms with E-state index in [0.29, 0.717) is 5.11 Å². The minimum atomic E-state index is -0.633. The van der Waals surface area contributed by atoms with Gasteiger partial charge in [0.15, 0.2) is 5.11 Å². The molecule has 1 aromatic rings. The number of hydrogen-bond acceptors (Lipinski definition) is 2. The summed E-state index contributed by atoms with van der Waals surface area (Å²) in [6.07, 6.45) is 0. The van der Waals surface area contributed by atoms with Gasteiger partial charge in [0, 0.05) is 4.47 Å². The number of nitrogens with one attached hydrogen (secondary N) is 1. The molecule has 0 spiro atoms. The second-order valence-electron chi connectivity index (χ2n) is 4.15. The number of anilines is 1. The molecule has 84 valence electrons. The lowest BCUT2D eigenvalue weighted by molar-refractivity contribution is -0.120. The number of para-hydroxylation sites is 1. The van der Waals surface area contributed by atoms with Crippen molar-refractivity contribution in [3.63, 3.8) is 0 Å². The van der Waals surface area contributed by atoms with Crippen LogP contribution in [-0.4, -0.2) is 16.6 Å². The minimum Gasteiger partial charge on any atom is -0.348 e. The van der Waals surface area contributed by atoms with Crippen LogP contribution in [0.25, 0.3) is 0 Å². The summed E-state index contributed by atoms with van der Waals surface area (Å²) in [5, 5.41) is 3.45. The molecule has 1 aliphatic rings. The molecule has 2 rings (SSSR count). The fourth-order valence-corrected chi connectivity index (χ4v) is 2.50. The van der Waals surface area contributed by atoms with Gasteiger partial charge in [-0.15, -0.1) is 0 Å². The van der Waals surface area contributed by atoms with E-state index in [1.54, 1.807) is 0 Å². The Morgan fingerprint density at radius 1 is 1.38 bits per heavy atom. The molecule has 0 atom stereocenters. The fourth-order valence-electron chi connectivity index (χ4n) is 1.60. The number of halogens is 1. The summed E-state index contributed by atoms with van der Waals surface area (Å²) >= 11 is 8.60. The highest BCUT2D eigenvalue weighted by Gasteiger charge is 2.43. The summed E-state index contributed by atoms with van der Waals surface area (Å²) in [6, 6.07) is 7.52. The first-order valence-corrected chi connectivity index (χ1v) is 6.05. The van der Waals surface area contributed by atoms with Gasteiger partial charge in [-0.3, -0.25) is 9.69 Å². The van der Waals surface area contributed by atoms with Crippen LogP contribution in [-0.2, 0) is 4.79 Å². The highest BCUT2D eigenvalue weighted by atomic mass is 79.9.